The van der Waals surface area contributed by atoms with Crippen LogP contribution >= 0.6 is 12.4 Å². The summed E-state index contributed by atoms with van der Waals surface area (Å²) in [5.41, 5.74) is 0. The van der Waals surface area contributed by atoms with E-state index in [2.05, 4.69) is 5.32 Å². The van der Waals surface area contributed by atoms with Crippen LogP contribution in [0.4, 0.5) is 8.78 Å². The molecule has 0 radical (unpaired) electrons. The van der Waals surface area contributed by atoms with Gasteiger partial charge in [-0.15, -0.1) is 12.4 Å². The Balaban J connectivity index is 0.000000810. The van der Waals surface area contributed by atoms with Crippen LogP contribution in [0.15, 0.2) is 0 Å². The highest BCUT2D eigenvalue weighted by Crippen LogP contribution is 2.19. The molecule has 1 heterocycles. The van der Waals surface area contributed by atoms with Crippen molar-refractivity contribution in [2.24, 2.45) is 5.92 Å². The third-order valence-electron chi connectivity index (χ3n) is 1.74. The molecule has 0 aromatic heterocycles. The molecule has 1 N–H and O–H groups in total. The van der Waals surface area contributed by atoms with E-state index >= 15 is 0 Å². The van der Waals surface area contributed by atoms with Crippen molar-refractivity contribution in [2.75, 3.05) is 13.1 Å². The van der Waals surface area contributed by atoms with Gasteiger partial charge in [0.05, 0.1) is 0 Å². The molecule has 0 saturated carbocycles. The number of hydrogen-bond donors (Lipinski definition) is 1. The van der Waals surface area contributed by atoms with Crippen molar-refractivity contribution < 1.29 is 8.78 Å². The number of alkyl halides is 2. The monoisotopic (exact) mass is 171 g/mol. The van der Waals surface area contributed by atoms with Gasteiger partial charge in [0.25, 0.3) is 0 Å². The third kappa shape index (κ3) is 2.80. The van der Waals surface area contributed by atoms with Crippen molar-refractivity contribution in [3.63, 3.8) is 0 Å². The Morgan fingerprint density at radius 3 is 2.00 bits per heavy atom. The Bertz CT molecular complexity index is 83.8. The summed E-state index contributed by atoms with van der Waals surface area (Å²) in [5.74, 6) is -0.341. The van der Waals surface area contributed by atoms with Crippen molar-refractivity contribution in [3.8, 4) is 0 Å². The molecule has 0 unspecified atom stereocenters. The SMILES string of the molecule is Cl.FC(F)C1CCNCC1. The minimum atomic E-state index is -2.10. The minimum absolute atomic E-state index is 0. The molecule has 62 valence electrons. The van der Waals surface area contributed by atoms with Gasteiger partial charge in [-0.3, -0.25) is 0 Å². The summed E-state index contributed by atoms with van der Waals surface area (Å²) in [6.07, 6.45) is -0.831. The van der Waals surface area contributed by atoms with Crippen LogP contribution in [-0.2, 0) is 0 Å². The number of nitrogens with one attached hydrogen (secondary N) is 1. The summed E-state index contributed by atoms with van der Waals surface area (Å²) in [5, 5.41) is 3.04. The molecule has 1 rings (SSSR count). The second-order valence-corrected chi connectivity index (χ2v) is 2.42. The molecule has 1 fully saturated rings. The van der Waals surface area contributed by atoms with Crippen molar-refractivity contribution in [3.05, 3.63) is 0 Å². The van der Waals surface area contributed by atoms with Crippen LogP contribution in [0.2, 0.25) is 0 Å². The molecule has 1 aliphatic heterocycles. The van der Waals surface area contributed by atoms with Crippen molar-refractivity contribution in [1.82, 2.24) is 5.32 Å². The van der Waals surface area contributed by atoms with Crippen molar-refractivity contribution in [2.45, 2.75) is 19.3 Å². The van der Waals surface area contributed by atoms with Crippen molar-refractivity contribution >= 4 is 12.4 Å². The first kappa shape index (κ1) is 10.1. The van der Waals surface area contributed by atoms with E-state index in [-0.39, 0.29) is 18.3 Å². The Morgan fingerprint density at radius 2 is 1.70 bits per heavy atom. The molecule has 0 spiro atoms. The standard InChI is InChI=1S/C6H11F2N.ClH/c7-6(8)5-1-3-9-4-2-5;/h5-6,9H,1-4H2;1H. The van der Waals surface area contributed by atoms with Gasteiger partial charge in [0.1, 0.15) is 0 Å². The maximum Gasteiger partial charge on any atom is 0.241 e. The lowest BCUT2D eigenvalue weighted by Crippen LogP contribution is -2.30. The van der Waals surface area contributed by atoms with E-state index in [0.717, 1.165) is 13.1 Å². The smallest absolute Gasteiger partial charge is 0.241 e. The molecular weight excluding hydrogens is 160 g/mol. The molecule has 1 aliphatic rings. The zero-order valence-electron chi connectivity index (χ0n) is 5.65. The molecule has 0 aromatic carbocycles. The van der Waals surface area contributed by atoms with Gasteiger partial charge in [-0.05, 0) is 25.9 Å². The number of rotatable bonds is 1. The third-order valence-corrected chi connectivity index (χ3v) is 1.74. The van der Waals surface area contributed by atoms with E-state index in [4.69, 9.17) is 0 Å². The summed E-state index contributed by atoms with van der Waals surface area (Å²) in [6.45, 7) is 1.52. The average Bonchev–Trinajstić information content (AvgIpc) is 1.90. The van der Waals surface area contributed by atoms with Gasteiger partial charge in [-0.25, -0.2) is 8.78 Å². The van der Waals surface area contributed by atoms with Crippen LogP contribution < -0.4 is 5.32 Å². The normalized spacial score (nSPS) is 20.7. The van der Waals surface area contributed by atoms with Crippen LogP contribution in [-0.4, -0.2) is 19.5 Å². The molecule has 0 aliphatic carbocycles. The average molecular weight is 172 g/mol. The van der Waals surface area contributed by atoms with Crippen LogP contribution in [0.5, 0.6) is 0 Å². The van der Waals surface area contributed by atoms with Gasteiger partial charge >= 0.3 is 0 Å². The Labute approximate surface area is 65.6 Å². The second-order valence-electron chi connectivity index (χ2n) is 2.42. The molecule has 0 amide bonds. The van der Waals surface area contributed by atoms with Crippen LogP contribution in [0.1, 0.15) is 12.8 Å². The number of hydrogen-bond acceptors (Lipinski definition) is 1. The number of halogens is 3. The lowest BCUT2D eigenvalue weighted by Gasteiger charge is -2.21. The fraction of sp³-hybridized carbons (Fsp3) is 1.00. The molecule has 4 heteroatoms. The van der Waals surface area contributed by atoms with Gasteiger partial charge in [-0.2, -0.15) is 0 Å². The van der Waals surface area contributed by atoms with E-state index in [9.17, 15) is 8.78 Å². The van der Waals surface area contributed by atoms with Gasteiger partial charge in [0, 0.05) is 5.92 Å². The molecule has 0 bridgehead atoms. The molecule has 0 atom stereocenters. The van der Waals surface area contributed by atoms with Crippen molar-refractivity contribution in [1.29, 1.82) is 0 Å². The van der Waals surface area contributed by atoms with Crippen LogP contribution in [0.25, 0.3) is 0 Å². The molecule has 0 aromatic rings. The highest BCUT2D eigenvalue weighted by Gasteiger charge is 2.21. The molecular formula is C6H12ClF2N. The van der Waals surface area contributed by atoms with E-state index in [1.807, 2.05) is 0 Å². The molecule has 1 saturated heterocycles. The summed E-state index contributed by atoms with van der Waals surface area (Å²) in [6, 6.07) is 0. The van der Waals surface area contributed by atoms with Crippen LogP contribution in [0, 0.1) is 5.92 Å². The Morgan fingerprint density at radius 1 is 1.20 bits per heavy atom. The highest BCUT2D eigenvalue weighted by molar-refractivity contribution is 5.85. The zero-order valence-corrected chi connectivity index (χ0v) is 6.46. The molecule has 10 heavy (non-hydrogen) atoms. The maximum atomic E-state index is 11.9. The summed E-state index contributed by atoms with van der Waals surface area (Å²) in [7, 11) is 0. The Kier molecular flexibility index (Phi) is 4.91. The van der Waals surface area contributed by atoms with E-state index in [1.54, 1.807) is 0 Å². The maximum absolute atomic E-state index is 11.9. The highest BCUT2D eigenvalue weighted by atomic mass is 35.5. The predicted molar refractivity (Wildman–Crippen MR) is 38.8 cm³/mol. The van der Waals surface area contributed by atoms with Gasteiger partial charge in [-0.1, -0.05) is 0 Å². The lowest BCUT2D eigenvalue weighted by molar-refractivity contribution is 0.0600. The van der Waals surface area contributed by atoms with Crippen LogP contribution in [0.3, 0.4) is 0 Å². The second kappa shape index (κ2) is 4.85. The first-order valence-electron chi connectivity index (χ1n) is 3.29. The van der Waals surface area contributed by atoms with Gasteiger partial charge in [0.2, 0.25) is 6.43 Å². The molecule has 1 nitrogen and oxygen atoms in total. The van der Waals surface area contributed by atoms with E-state index in [0.29, 0.717) is 12.8 Å². The lowest BCUT2D eigenvalue weighted by atomic mass is 9.99. The van der Waals surface area contributed by atoms with Gasteiger partial charge in [0.15, 0.2) is 0 Å². The minimum Gasteiger partial charge on any atom is -0.317 e. The summed E-state index contributed by atoms with van der Waals surface area (Å²) >= 11 is 0. The summed E-state index contributed by atoms with van der Waals surface area (Å²) in [4.78, 5) is 0. The number of piperidine rings is 1. The fourth-order valence-corrected chi connectivity index (χ4v) is 1.10. The fourth-order valence-electron chi connectivity index (χ4n) is 1.10. The van der Waals surface area contributed by atoms with E-state index < -0.39 is 6.43 Å². The quantitative estimate of drug-likeness (QED) is 0.633. The zero-order chi connectivity index (χ0) is 6.69. The van der Waals surface area contributed by atoms with E-state index in [1.165, 1.54) is 0 Å². The topological polar surface area (TPSA) is 12.0 Å². The first-order valence-corrected chi connectivity index (χ1v) is 3.29. The first-order chi connectivity index (χ1) is 4.30. The Hall–Kier alpha value is 0.110. The summed E-state index contributed by atoms with van der Waals surface area (Å²) < 4.78 is 23.8. The van der Waals surface area contributed by atoms with Gasteiger partial charge < -0.3 is 5.32 Å². The largest absolute Gasteiger partial charge is 0.317 e. The predicted octanol–water partition coefficient (Wildman–Crippen LogP) is 1.67.